The van der Waals surface area contributed by atoms with Gasteiger partial charge in [0.25, 0.3) is 0 Å². The minimum atomic E-state index is -0.226. The number of anilines is 1. The second kappa shape index (κ2) is 10.6. The van der Waals surface area contributed by atoms with Gasteiger partial charge in [-0.25, -0.2) is 0 Å². The molecule has 0 amide bonds. The number of nitrogens with zero attached hydrogens (tertiary/aromatic N) is 3. The Bertz CT molecular complexity index is 2700. The van der Waals surface area contributed by atoms with Crippen molar-refractivity contribution >= 4 is 55.0 Å². The normalized spacial score (nSPS) is 14.3. The first-order valence-corrected chi connectivity index (χ1v) is 16.4. The highest BCUT2D eigenvalue weighted by Gasteiger charge is 2.23. The number of hydrogen-bond donors (Lipinski definition) is 1. The predicted octanol–water partition coefficient (Wildman–Crippen LogP) is 10.8. The number of para-hydroxylation sites is 4. The molecule has 0 aliphatic carbocycles. The van der Waals surface area contributed by atoms with E-state index < -0.39 is 0 Å². The van der Waals surface area contributed by atoms with Crippen molar-refractivity contribution in [2.45, 2.75) is 6.17 Å². The van der Waals surface area contributed by atoms with E-state index in [1.165, 1.54) is 43.6 Å². The number of nitrogens with one attached hydrogen (secondary N) is 1. The lowest BCUT2D eigenvalue weighted by molar-refractivity contribution is 0.826. The van der Waals surface area contributed by atoms with Gasteiger partial charge in [0.05, 0.1) is 27.8 Å². The van der Waals surface area contributed by atoms with Gasteiger partial charge in [-0.2, -0.15) is 0 Å². The SMILES string of the molecule is c1ccc(C2=NC(c3cccc(-n4c5ccccc5c5cc6c7ccccc7n(-c7ccccc7)c6cc54)c3)Nc3ccccc32)cc1. The highest BCUT2D eigenvalue weighted by molar-refractivity contribution is 6.19. The van der Waals surface area contributed by atoms with Crippen LogP contribution in [0, 0.1) is 0 Å². The van der Waals surface area contributed by atoms with Crippen molar-refractivity contribution in [2.24, 2.45) is 4.99 Å². The Morgan fingerprint density at radius 1 is 0.438 bits per heavy atom. The van der Waals surface area contributed by atoms with Crippen LogP contribution in [-0.4, -0.2) is 14.8 Å². The van der Waals surface area contributed by atoms with Gasteiger partial charge in [0.15, 0.2) is 0 Å². The van der Waals surface area contributed by atoms with Crippen LogP contribution in [0.3, 0.4) is 0 Å². The summed E-state index contributed by atoms with van der Waals surface area (Å²) in [6.45, 7) is 0. The van der Waals surface area contributed by atoms with Crippen molar-refractivity contribution in [1.82, 2.24) is 9.13 Å². The van der Waals surface area contributed by atoms with Crippen LogP contribution in [0.1, 0.15) is 22.9 Å². The van der Waals surface area contributed by atoms with E-state index in [1.54, 1.807) is 0 Å². The molecule has 48 heavy (non-hydrogen) atoms. The summed E-state index contributed by atoms with van der Waals surface area (Å²) in [5, 5.41) is 8.72. The summed E-state index contributed by atoms with van der Waals surface area (Å²) in [5.41, 5.74) is 12.5. The average molecular weight is 615 g/mol. The van der Waals surface area contributed by atoms with Crippen molar-refractivity contribution in [2.75, 3.05) is 5.32 Å². The molecule has 0 spiro atoms. The zero-order chi connectivity index (χ0) is 31.6. The van der Waals surface area contributed by atoms with Crippen molar-refractivity contribution in [3.8, 4) is 11.4 Å². The average Bonchev–Trinajstić information content (AvgIpc) is 3.66. The molecule has 7 aromatic carbocycles. The second-order valence-corrected chi connectivity index (χ2v) is 12.5. The van der Waals surface area contributed by atoms with Gasteiger partial charge in [-0.05, 0) is 60.2 Å². The van der Waals surface area contributed by atoms with Gasteiger partial charge < -0.3 is 14.5 Å². The number of hydrogen-bond acceptors (Lipinski definition) is 2. The largest absolute Gasteiger partial charge is 0.360 e. The van der Waals surface area contributed by atoms with E-state index >= 15 is 0 Å². The van der Waals surface area contributed by atoms with Crippen LogP contribution in [0.5, 0.6) is 0 Å². The van der Waals surface area contributed by atoms with Gasteiger partial charge >= 0.3 is 0 Å². The summed E-state index contributed by atoms with van der Waals surface area (Å²) in [4.78, 5) is 5.31. The first kappa shape index (κ1) is 26.8. The predicted molar refractivity (Wildman–Crippen MR) is 200 cm³/mol. The maximum atomic E-state index is 5.31. The molecule has 2 aromatic heterocycles. The lowest BCUT2D eigenvalue weighted by Crippen LogP contribution is -2.20. The third-order valence-corrected chi connectivity index (χ3v) is 9.70. The minimum absolute atomic E-state index is 0.226. The molecule has 9 aromatic rings. The third kappa shape index (κ3) is 4.06. The summed E-state index contributed by atoms with van der Waals surface area (Å²) in [7, 11) is 0. The molecule has 1 unspecified atom stereocenters. The zero-order valence-electron chi connectivity index (χ0n) is 26.1. The highest BCUT2D eigenvalue weighted by atomic mass is 15.1. The number of benzene rings is 7. The summed E-state index contributed by atoms with van der Waals surface area (Å²) >= 11 is 0. The number of rotatable bonds is 4. The van der Waals surface area contributed by atoms with Crippen LogP contribution in [0.25, 0.3) is 55.0 Å². The molecule has 10 rings (SSSR count). The molecule has 1 aliphatic heterocycles. The fraction of sp³-hybridized carbons (Fsp3) is 0.0227. The molecule has 0 bridgehead atoms. The fourth-order valence-corrected chi connectivity index (χ4v) is 7.58. The van der Waals surface area contributed by atoms with Gasteiger partial charge in [0, 0.05) is 49.7 Å². The monoisotopic (exact) mass is 614 g/mol. The fourth-order valence-electron chi connectivity index (χ4n) is 7.58. The first-order valence-electron chi connectivity index (χ1n) is 16.4. The van der Waals surface area contributed by atoms with Crippen LogP contribution in [0.15, 0.2) is 175 Å². The first-order chi connectivity index (χ1) is 23.8. The lowest BCUT2D eigenvalue weighted by atomic mass is 9.97. The van der Waals surface area contributed by atoms with Crippen molar-refractivity contribution in [3.63, 3.8) is 0 Å². The van der Waals surface area contributed by atoms with E-state index in [-0.39, 0.29) is 6.17 Å². The Hall–Kier alpha value is -6.39. The molecule has 0 saturated heterocycles. The molecule has 4 nitrogen and oxygen atoms in total. The lowest BCUT2D eigenvalue weighted by Gasteiger charge is -2.26. The zero-order valence-corrected chi connectivity index (χ0v) is 26.1. The number of fused-ring (bicyclic) bond motifs is 7. The summed E-state index contributed by atoms with van der Waals surface area (Å²) in [5.74, 6) is 0. The minimum Gasteiger partial charge on any atom is -0.360 e. The molecule has 1 atom stereocenters. The summed E-state index contributed by atoms with van der Waals surface area (Å²) < 4.78 is 4.81. The maximum absolute atomic E-state index is 5.31. The number of aromatic nitrogens is 2. The Morgan fingerprint density at radius 3 is 1.75 bits per heavy atom. The smallest absolute Gasteiger partial charge is 0.145 e. The second-order valence-electron chi connectivity index (χ2n) is 12.5. The van der Waals surface area contributed by atoms with Crippen molar-refractivity contribution in [1.29, 1.82) is 0 Å². The Balaban J connectivity index is 1.20. The third-order valence-electron chi connectivity index (χ3n) is 9.70. The standard InChI is InChI=1S/C44H30N4/c1-3-14-29(15-4-1)43-35-22-7-10-23-38(35)45-44(46-43)30-16-13-19-32(26-30)48-40-25-12-9-21-34(40)37-27-36-33-20-8-11-24-39(33)47(41(36)28-42(37)48)31-17-5-2-6-18-31/h1-28,44-45H. The van der Waals surface area contributed by atoms with E-state index in [9.17, 15) is 0 Å². The number of aliphatic imine (C=N–C) groups is 1. The summed E-state index contributed by atoms with van der Waals surface area (Å²) in [6, 6.07) is 60.7. The van der Waals surface area contributed by atoms with Gasteiger partial charge in [0.2, 0.25) is 0 Å². The van der Waals surface area contributed by atoms with Crippen LogP contribution < -0.4 is 5.32 Å². The quantitative estimate of drug-likeness (QED) is 0.210. The highest BCUT2D eigenvalue weighted by Crippen LogP contribution is 2.40. The molecule has 0 fully saturated rings. The van der Waals surface area contributed by atoms with Gasteiger partial charge in [0.1, 0.15) is 6.17 Å². The molecular formula is C44H30N4. The van der Waals surface area contributed by atoms with E-state index in [1.807, 2.05) is 0 Å². The van der Waals surface area contributed by atoms with Gasteiger partial charge in [-0.1, -0.05) is 115 Å². The Labute approximate surface area is 277 Å². The van der Waals surface area contributed by atoms with Crippen LogP contribution >= 0.6 is 0 Å². The molecule has 4 heteroatoms. The molecule has 1 aliphatic rings. The molecule has 0 saturated carbocycles. The molecule has 226 valence electrons. The Kier molecular flexibility index (Phi) is 5.90. The van der Waals surface area contributed by atoms with E-state index in [4.69, 9.17) is 4.99 Å². The molecule has 3 heterocycles. The molecule has 0 radical (unpaired) electrons. The van der Waals surface area contributed by atoms with Gasteiger partial charge in [-0.15, -0.1) is 0 Å². The van der Waals surface area contributed by atoms with E-state index in [0.717, 1.165) is 39.5 Å². The molecular weight excluding hydrogens is 585 g/mol. The van der Waals surface area contributed by atoms with E-state index in [2.05, 4.69) is 184 Å². The Morgan fingerprint density at radius 2 is 1.02 bits per heavy atom. The van der Waals surface area contributed by atoms with Crippen LogP contribution in [-0.2, 0) is 0 Å². The summed E-state index contributed by atoms with van der Waals surface area (Å²) in [6.07, 6.45) is -0.226. The van der Waals surface area contributed by atoms with Crippen LogP contribution in [0.4, 0.5) is 5.69 Å². The van der Waals surface area contributed by atoms with Crippen molar-refractivity contribution in [3.05, 3.63) is 187 Å². The van der Waals surface area contributed by atoms with Crippen LogP contribution in [0.2, 0.25) is 0 Å². The van der Waals surface area contributed by atoms with Crippen molar-refractivity contribution < 1.29 is 0 Å². The molecule has 1 N–H and O–H groups in total. The maximum Gasteiger partial charge on any atom is 0.145 e. The van der Waals surface area contributed by atoms with E-state index in [0.29, 0.717) is 0 Å². The van der Waals surface area contributed by atoms with Gasteiger partial charge in [-0.3, -0.25) is 4.99 Å². The topological polar surface area (TPSA) is 34.2 Å².